The highest BCUT2D eigenvalue weighted by Gasteiger charge is 2.30. The summed E-state index contributed by atoms with van der Waals surface area (Å²) in [6.07, 6.45) is 1.70. The van der Waals surface area contributed by atoms with Crippen LogP contribution in [0.1, 0.15) is 44.1 Å². The number of rotatable bonds is 12. The Morgan fingerprint density at radius 1 is 0.938 bits per heavy atom. The molecule has 2 amide bonds. The fourth-order valence-electron chi connectivity index (χ4n) is 5.17. The van der Waals surface area contributed by atoms with E-state index in [4.69, 9.17) is 24.7 Å². The average Bonchev–Trinajstić information content (AvgIpc) is 3.57. The number of carbonyl (C=O) groups excluding carboxylic acids is 2. The van der Waals surface area contributed by atoms with Crippen LogP contribution in [0.4, 0.5) is 33.7 Å². The van der Waals surface area contributed by atoms with Gasteiger partial charge in [0.05, 0.1) is 24.8 Å². The molecule has 1 atom stereocenters. The van der Waals surface area contributed by atoms with Gasteiger partial charge in [-0.25, -0.2) is 9.18 Å². The van der Waals surface area contributed by atoms with Crippen LogP contribution in [0.2, 0.25) is 0 Å². The predicted octanol–water partition coefficient (Wildman–Crippen LogP) is 7.81. The Morgan fingerprint density at radius 2 is 1.65 bits per heavy atom. The van der Waals surface area contributed by atoms with Crippen LogP contribution in [0, 0.1) is 5.82 Å². The first-order valence-corrected chi connectivity index (χ1v) is 15.3. The standard InChI is InChI=1S/C34H34F4N4O6/c1-45-30-18-24-27(19-31(30)46-16-4-7-26(39)32(43)47-23-5-2-3-6-23)40-15-14-28(24)48-29-13-12-22(17-25(29)35)42-33(44)41-21-10-8-20(9-11-21)34(36,37)38/h8-15,17-19,23,26H,2-7,16,39H2,1H3,(H2,41,42,44). The summed E-state index contributed by atoms with van der Waals surface area (Å²) in [4.78, 5) is 28.9. The Hall–Kier alpha value is -5.11. The largest absolute Gasteiger partial charge is 0.493 e. The number of hydrogen-bond donors (Lipinski definition) is 3. The lowest BCUT2D eigenvalue weighted by Gasteiger charge is -2.16. The second-order valence-corrected chi connectivity index (χ2v) is 11.2. The van der Waals surface area contributed by atoms with Crippen LogP contribution < -0.4 is 30.6 Å². The molecule has 0 aliphatic heterocycles. The van der Waals surface area contributed by atoms with Gasteiger partial charge in [-0.2, -0.15) is 13.2 Å². The number of pyridine rings is 1. The Morgan fingerprint density at radius 3 is 2.33 bits per heavy atom. The van der Waals surface area contributed by atoms with E-state index in [1.54, 1.807) is 18.2 Å². The van der Waals surface area contributed by atoms with Crippen molar-refractivity contribution in [1.29, 1.82) is 0 Å². The minimum atomic E-state index is -4.50. The number of nitrogens with two attached hydrogens (primary N) is 1. The minimum Gasteiger partial charge on any atom is -0.493 e. The molecule has 0 saturated heterocycles. The fraction of sp³-hybridized carbons (Fsp3) is 0.324. The summed E-state index contributed by atoms with van der Waals surface area (Å²) in [6, 6.07) is 11.0. The van der Waals surface area contributed by atoms with Crippen molar-refractivity contribution in [2.75, 3.05) is 24.4 Å². The molecule has 1 heterocycles. The van der Waals surface area contributed by atoms with E-state index < -0.39 is 35.6 Å². The highest BCUT2D eigenvalue weighted by Crippen LogP contribution is 2.38. The van der Waals surface area contributed by atoms with E-state index in [0.717, 1.165) is 56.0 Å². The molecule has 5 rings (SSSR count). The molecule has 0 radical (unpaired) electrons. The van der Waals surface area contributed by atoms with Gasteiger partial charge in [-0.05, 0) is 87.1 Å². The number of amides is 2. The first-order valence-electron chi connectivity index (χ1n) is 15.3. The van der Waals surface area contributed by atoms with Crippen LogP contribution in [-0.2, 0) is 15.7 Å². The predicted molar refractivity (Wildman–Crippen MR) is 170 cm³/mol. The van der Waals surface area contributed by atoms with Crippen LogP contribution in [0.15, 0.2) is 66.9 Å². The Balaban J connectivity index is 1.18. The lowest BCUT2D eigenvalue weighted by molar-refractivity contribution is -0.150. The van der Waals surface area contributed by atoms with Gasteiger partial charge in [0.2, 0.25) is 0 Å². The summed E-state index contributed by atoms with van der Waals surface area (Å²) in [5.74, 6) is -0.261. The quantitative estimate of drug-likeness (QED) is 0.0790. The lowest BCUT2D eigenvalue weighted by atomic mass is 10.1. The summed E-state index contributed by atoms with van der Waals surface area (Å²) in [5.41, 5.74) is 5.85. The lowest BCUT2D eigenvalue weighted by Crippen LogP contribution is -2.34. The average molecular weight is 671 g/mol. The van der Waals surface area contributed by atoms with Crippen LogP contribution >= 0.6 is 0 Å². The number of esters is 1. The van der Waals surface area contributed by atoms with E-state index in [1.807, 2.05) is 0 Å². The van der Waals surface area contributed by atoms with E-state index in [9.17, 15) is 22.8 Å². The van der Waals surface area contributed by atoms with E-state index in [1.165, 1.54) is 25.4 Å². The summed E-state index contributed by atoms with van der Waals surface area (Å²) < 4.78 is 76.1. The first-order chi connectivity index (χ1) is 23.0. The van der Waals surface area contributed by atoms with Crippen LogP contribution in [-0.4, -0.2) is 42.8 Å². The molecule has 4 N–H and O–H groups in total. The topological polar surface area (TPSA) is 134 Å². The van der Waals surface area contributed by atoms with Gasteiger partial charge in [0.1, 0.15) is 17.9 Å². The molecule has 254 valence electrons. The second kappa shape index (κ2) is 15.2. The van der Waals surface area contributed by atoms with Gasteiger partial charge in [-0.3, -0.25) is 9.78 Å². The number of carbonyl (C=O) groups is 2. The van der Waals surface area contributed by atoms with Gasteiger partial charge in [0, 0.05) is 35.1 Å². The number of aromatic nitrogens is 1. The number of fused-ring (bicyclic) bond motifs is 1. The SMILES string of the molecule is COc1cc2c(Oc3ccc(NC(=O)Nc4ccc(C(F)(F)F)cc4)cc3F)ccnc2cc1OCCCC(N)C(=O)OC1CCCC1. The van der Waals surface area contributed by atoms with Crippen molar-refractivity contribution in [3.8, 4) is 23.0 Å². The molecule has 1 fully saturated rings. The molecule has 1 aromatic heterocycles. The van der Waals surface area contributed by atoms with E-state index in [2.05, 4.69) is 15.6 Å². The van der Waals surface area contributed by atoms with Crippen molar-refractivity contribution in [2.24, 2.45) is 5.73 Å². The van der Waals surface area contributed by atoms with Crippen molar-refractivity contribution in [2.45, 2.75) is 56.8 Å². The number of ether oxygens (including phenoxy) is 4. The second-order valence-electron chi connectivity index (χ2n) is 11.2. The number of benzene rings is 3. The summed E-state index contributed by atoms with van der Waals surface area (Å²) >= 11 is 0. The number of alkyl halides is 3. The monoisotopic (exact) mass is 670 g/mol. The van der Waals surface area contributed by atoms with Crippen molar-refractivity contribution in [3.63, 3.8) is 0 Å². The van der Waals surface area contributed by atoms with E-state index in [-0.39, 0.29) is 35.6 Å². The number of methoxy groups -OCH3 is 1. The Bertz CT molecular complexity index is 1750. The molecule has 3 aromatic carbocycles. The molecule has 0 spiro atoms. The van der Waals surface area contributed by atoms with Gasteiger partial charge in [0.15, 0.2) is 23.1 Å². The van der Waals surface area contributed by atoms with Gasteiger partial charge in [-0.1, -0.05) is 0 Å². The van der Waals surface area contributed by atoms with Crippen molar-refractivity contribution >= 4 is 34.3 Å². The highest BCUT2D eigenvalue weighted by atomic mass is 19.4. The van der Waals surface area contributed by atoms with Gasteiger partial charge in [-0.15, -0.1) is 0 Å². The van der Waals surface area contributed by atoms with E-state index in [0.29, 0.717) is 35.2 Å². The highest BCUT2D eigenvalue weighted by molar-refractivity contribution is 5.99. The van der Waals surface area contributed by atoms with Crippen LogP contribution in [0.3, 0.4) is 0 Å². The van der Waals surface area contributed by atoms with Crippen molar-refractivity contribution < 1.29 is 46.1 Å². The molecule has 1 aliphatic rings. The zero-order chi connectivity index (χ0) is 34.3. The normalized spacial score (nSPS) is 14.0. The first kappa shape index (κ1) is 34.2. The number of urea groups is 1. The summed E-state index contributed by atoms with van der Waals surface area (Å²) in [6.45, 7) is 0.260. The molecule has 0 bridgehead atoms. The van der Waals surface area contributed by atoms with Crippen molar-refractivity contribution in [3.05, 3.63) is 78.2 Å². The maximum absolute atomic E-state index is 15.1. The number of nitrogens with zero attached hydrogens (tertiary/aromatic N) is 1. The van der Waals surface area contributed by atoms with Crippen LogP contribution in [0.5, 0.6) is 23.0 Å². The zero-order valence-electron chi connectivity index (χ0n) is 25.9. The van der Waals surface area contributed by atoms with E-state index >= 15 is 4.39 Å². The molecule has 10 nitrogen and oxygen atoms in total. The molecule has 1 aliphatic carbocycles. The number of nitrogens with one attached hydrogen (secondary N) is 2. The molecular weight excluding hydrogens is 636 g/mol. The van der Waals surface area contributed by atoms with Gasteiger partial charge < -0.3 is 35.3 Å². The third-order valence-corrected chi connectivity index (χ3v) is 7.67. The van der Waals surface area contributed by atoms with Crippen molar-refractivity contribution in [1.82, 2.24) is 4.98 Å². The smallest absolute Gasteiger partial charge is 0.416 e. The number of halogens is 4. The molecule has 1 saturated carbocycles. The zero-order valence-corrected chi connectivity index (χ0v) is 25.9. The third-order valence-electron chi connectivity index (χ3n) is 7.67. The molecular formula is C34H34F4N4O6. The summed E-state index contributed by atoms with van der Waals surface area (Å²) in [7, 11) is 1.47. The number of hydrogen-bond acceptors (Lipinski definition) is 8. The maximum Gasteiger partial charge on any atom is 0.416 e. The fourth-order valence-corrected chi connectivity index (χ4v) is 5.17. The number of anilines is 2. The van der Waals surface area contributed by atoms with Gasteiger partial charge >= 0.3 is 18.2 Å². The summed E-state index contributed by atoms with van der Waals surface area (Å²) in [5, 5.41) is 5.33. The minimum absolute atomic E-state index is 0.0413. The molecule has 1 unspecified atom stereocenters. The van der Waals surface area contributed by atoms with Crippen LogP contribution in [0.25, 0.3) is 10.9 Å². The van der Waals surface area contributed by atoms with Gasteiger partial charge in [0.25, 0.3) is 0 Å². The molecule has 4 aromatic rings. The third kappa shape index (κ3) is 8.82. The molecule has 48 heavy (non-hydrogen) atoms. The maximum atomic E-state index is 15.1. The molecule has 14 heteroatoms. The Labute approximate surface area is 273 Å². The Kier molecular flexibility index (Phi) is 10.8.